The van der Waals surface area contributed by atoms with Crippen molar-refractivity contribution in [3.05, 3.63) is 57.3 Å². The Morgan fingerprint density at radius 1 is 1.13 bits per heavy atom. The van der Waals surface area contributed by atoms with Crippen molar-refractivity contribution >= 4 is 38.4 Å². The van der Waals surface area contributed by atoms with Crippen LogP contribution in [0.5, 0.6) is 0 Å². The second kappa shape index (κ2) is 7.04. The molecule has 3 aromatic rings. The van der Waals surface area contributed by atoms with Crippen LogP contribution in [-0.2, 0) is 6.42 Å². The van der Waals surface area contributed by atoms with Gasteiger partial charge in [0.15, 0.2) is 0 Å². The molecule has 3 rings (SSSR count). The van der Waals surface area contributed by atoms with Gasteiger partial charge < -0.3 is 10.7 Å². The number of nitrogens with one attached hydrogen (secondary N) is 1. The van der Waals surface area contributed by atoms with Crippen molar-refractivity contribution < 1.29 is 4.39 Å². The first-order chi connectivity index (χ1) is 11.1. The molecule has 0 amide bonds. The van der Waals surface area contributed by atoms with Crippen LogP contribution in [-0.4, -0.2) is 11.5 Å². The number of rotatable bonds is 5. The van der Waals surface area contributed by atoms with E-state index in [9.17, 15) is 4.39 Å². The molecule has 0 aliphatic rings. The van der Waals surface area contributed by atoms with E-state index in [2.05, 4.69) is 27.0 Å². The molecule has 2 aromatic carbocycles. The predicted octanol–water partition coefficient (Wildman–Crippen LogP) is 5.67. The molecule has 23 heavy (non-hydrogen) atoms. The van der Waals surface area contributed by atoms with Crippen LogP contribution in [0.2, 0.25) is 5.02 Å². The van der Waals surface area contributed by atoms with Gasteiger partial charge in [0.2, 0.25) is 0 Å². The molecule has 2 nitrogen and oxygen atoms in total. The molecule has 3 N–H and O–H groups in total. The standard InChI is InChI=1S/C18H17BrClFN2/c19-11-4-7-17-15(9-11)13(3-1-2-8-22)18(23-17)14-6-5-12(21)10-16(14)20/h4-7,9-10,23H,1-3,8,22H2. The van der Waals surface area contributed by atoms with Gasteiger partial charge in [0.25, 0.3) is 0 Å². The van der Waals surface area contributed by atoms with Gasteiger partial charge in [-0.25, -0.2) is 4.39 Å². The number of fused-ring (bicyclic) bond motifs is 1. The van der Waals surface area contributed by atoms with Gasteiger partial charge >= 0.3 is 0 Å². The largest absolute Gasteiger partial charge is 0.354 e. The maximum atomic E-state index is 13.4. The fourth-order valence-electron chi connectivity index (χ4n) is 2.85. The fraction of sp³-hybridized carbons (Fsp3) is 0.222. The van der Waals surface area contributed by atoms with Gasteiger partial charge in [-0.05, 0) is 67.8 Å². The molecule has 0 radical (unpaired) electrons. The summed E-state index contributed by atoms with van der Waals surface area (Å²) in [5.74, 6) is -0.331. The molecule has 0 aliphatic carbocycles. The highest BCUT2D eigenvalue weighted by Gasteiger charge is 2.16. The Balaban J connectivity index is 2.16. The van der Waals surface area contributed by atoms with E-state index in [0.717, 1.165) is 45.9 Å². The zero-order valence-corrected chi connectivity index (χ0v) is 14.8. The second-order valence-electron chi connectivity index (χ2n) is 5.54. The third-order valence-corrected chi connectivity index (χ3v) is 4.76. The second-order valence-corrected chi connectivity index (χ2v) is 6.86. The minimum absolute atomic E-state index is 0.331. The number of benzene rings is 2. The van der Waals surface area contributed by atoms with Crippen LogP contribution >= 0.6 is 27.5 Å². The van der Waals surface area contributed by atoms with E-state index < -0.39 is 0 Å². The predicted molar refractivity (Wildman–Crippen MR) is 98.4 cm³/mol. The van der Waals surface area contributed by atoms with Crippen molar-refractivity contribution in [1.29, 1.82) is 0 Å². The smallest absolute Gasteiger partial charge is 0.124 e. The first-order valence-electron chi connectivity index (χ1n) is 7.55. The molecule has 5 heteroatoms. The van der Waals surface area contributed by atoms with Crippen molar-refractivity contribution in [2.75, 3.05) is 6.54 Å². The van der Waals surface area contributed by atoms with Crippen molar-refractivity contribution in [3.63, 3.8) is 0 Å². The third kappa shape index (κ3) is 3.44. The minimum Gasteiger partial charge on any atom is -0.354 e. The Bertz CT molecular complexity index is 844. The van der Waals surface area contributed by atoms with Crippen molar-refractivity contribution in [3.8, 4) is 11.3 Å². The summed E-state index contributed by atoms with van der Waals surface area (Å²) in [7, 11) is 0. The number of halogens is 3. The maximum absolute atomic E-state index is 13.4. The lowest BCUT2D eigenvalue weighted by molar-refractivity contribution is 0.628. The van der Waals surface area contributed by atoms with Crippen molar-refractivity contribution in [2.45, 2.75) is 19.3 Å². The Kier molecular flexibility index (Phi) is 5.05. The van der Waals surface area contributed by atoms with Gasteiger partial charge in [-0.3, -0.25) is 0 Å². The Hall–Kier alpha value is -1.36. The summed E-state index contributed by atoms with van der Waals surface area (Å²) in [6.45, 7) is 0.679. The van der Waals surface area contributed by atoms with Crippen LogP contribution in [0.4, 0.5) is 4.39 Å². The summed E-state index contributed by atoms with van der Waals surface area (Å²) in [6, 6.07) is 10.6. The van der Waals surface area contributed by atoms with Crippen LogP contribution in [0, 0.1) is 5.82 Å². The Morgan fingerprint density at radius 2 is 1.96 bits per heavy atom. The van der Waals surface area contributed by atoms with E-state index in [1.165, 1.54) is 17.7 Å². The van der Waals surface area contributed by atoms with Crippen LogP contribution in [0.25, 0.3) is 22.2 Å². The summed E-state index contributed by atoms with van der Waals surface area (Å²) >= 11 is 9.80. The average Bonchev–Trinajstić information content (AvgIpc) is 2.85. The summed E-state index contributed by atoms with van der Waals surface area (Å²) < 4.78 is 14.4. The molecule has 0 saturated heterocycles. The van der Waals surface area contributed by atoms with Crippen LogP contribution in [0.15, 0.2) is 40.9 Å². The molecule has 0 aliphatic heterocycles. The van der Waals surface area contributed by atoms with E-state index in [-0.39, 0.29) is 5.82 Å². The zero-order chi connectivity index (χ0) is 16.4. The quantitative estimate of drug-likeness (QED) is 0.537. The molecule has 1 heterocycles. The zero-order valence-electron chi connectivity index (χ0n) is 12.5. The molecule has 120 valence electrons. The van der Waals surface area contributed by atoms with Gasteiger partial charge in [-0.2, -0.15) is 0 Å². The molecule has 0 spiro atoms. The highest BCUT2D eigenvalue weighted by Crippen LogP contribution is 2.36. The number of aromatic amines is 1. The number of hydrogen-bond donors (Lipinski definition) is 2. The Morgan fingerprint density at radius 3 is 2.70 bits per heavy atom. The van der Waals surface area contributed by atoms with Crippen LogP contribution in [0.1, 0.15) is 18.4 Å². The molecule has 0 atom stereocenters. The minimum atomic E-state index is -0.331. The molecule has 0 unspecified atom stereocenters. The maximum Gasteiger partial charge on any atom is 0.124 e. The molecule has 0 bridgehead atoms. The van der Waals surface area contributed by atoms with Gasteiger partial charge in [0, 0.05) is 20.9 Å². The van der Waals surface area contributed by atoms with E-state index in [4.69, 9.17) is 17.3 Å². The van der Waals surface area contributed by atoms with E-state index in [0.29, 0.717) is 11.6 Å². The molecular weight excluding hydrogens is 379 g/mol. The summed E-state index contributed by atoms with van der Waals surface area (Å²) in [6.07, 6.45) is 2.87. The number of aromatic nitrogens is 1. The highest BCUT2D eigenvalue weighted by atomic mass is 79.9. The lowest BCUT2D eigenvalue weighted by Gasteiger charge is -2.07. The number of unbranched alkanes of at least 4 members (excludes halogenated alkanes) is 1. The average molecular weight is 396 g/mol. The molecule has 1 aromatic heterocycles. The number of hydrogen-bond acceptors (Lipinski definition) is 1. The van der Waals surface area contributed by atoms with Gasteiger partial charge in [-0.15, -0.1) is 0 Å². The molecule has 0 fully saturated rings. The number of nitrogens with two attached hydrogens (primary N) is 1. The monoisotopic (exact) mass is 394 g/mol. The van der Waals surface area contributed by atoms with Crippen LogP contribution < -0.4 is 5.73 Å². The topological polar surface area (TPSA) is 41.8 Å². The van der Waals surface area contributed by atoms with Gasteiger partial charge in [0.1, 0.15) is 5.82 Å². The highest BCUT2D eigenvalue weighted by molar-refractivity contribution is 9.10. The van der Waals surface area contributed by atoms with Gasteiger partial charge in [-0.1, -0.05) is 27.5 Å². The first kappa shape index (κ1) is 16.5. The van der Waals surface area contributed by atoms with E-state index in [1.54, 1.807) is 6.07 Å². The fourth-order valence-corrected chi connectivity index (χ4v) is 3.47. The van der Waals surface area contributed by atoms with Crippen LogP contribution in [0.3, 0.4) is 0 Å². The van der Waals surface area contributed by atoms with E-state index >= 15 is 0 Å². The normalized spacial score (nSPS) is 11.3. The summed E-state index contributed by atoms with van der Waals surface area (Å²) in [5, 5.41) is 1.57. The lowest BCUT2D eigenvalue weighted by atomic mass is 10.0. The number of H-pyrrole nitrogens is 1. The third-order valence-electron chi connectivity index (χ3n) is 3.95. The summed E-state index contributed by atoms with van der Waals surface area (Å²) in [5.41, 5.74) is 9.64. The van der Waals surface area contributed by atoms with Gasteiger partial charge in [0.05, 0.1) is 10.7 Å². The molecular formula is C18H17BrClFN2. The molecule has 0 saturated carbocycles. The lowest BCUT2D eigenvalue weighted by Crippen LogP contribution is -1.99. The van der Waals surface area contributed by atoms with Crippen molar-refractivity contribution in [2.24, 2.45) is 5.73 Å². The number of aryl methyl sites for hydroxylation is 1. The summed E-state index contributed by atoms with van der Waals surface area (Å²) in [4.78, 5) is 3.44. The van der Waals surface area contributed by atoms with E-state index in [1.807, 2.05) is 12.1 Å². The first-order valence-corrected chi connectivity index (χ1v) is 8.73. The Labute approximate surface area is 148 Å². The SMILES string of the molecule is NCCCCc1c(-c2ccc(F)cc2Cl)[nH]c2ccc(Br)cc12. The van der Waals surface area contributed by atoms with Crippen molar-refractivity contribution in [1.82, 2.24) is 4.98 Å².